The Morgan fingerprint density at radius 3 is 0.625 bits per heavy atom. The molecule has 0 bridgehead atoms. The Hall–Kier alpha value is -1.85. The third-order valence-corrected chi connectivity index (χ3v) is 17.0. The fraction of sp³-hybridized carbons (Fsp3) is 0.932. The molecule has 1 atom stereocenters. The van der Waals surface area contributed by atoms with Gasteiger partial charge in [0, 0.05) is 19.3 Å². The number of carbonyl (C=O) groups is 3. The average Bonchev–Trinajstić information content (AvgIpc) is 3.46. The Bertz CT molecular complexity index is 1250. The van der Waals surface area contributed by atoms with Crippen molar-refractivity contribution in [1.29, 1.82) is 0 Å². The number of allylic oxidation sites excluding steroid dienone is 2. The second-order valence-corrected chi connectivity index (χ2v) is 25.2. The lowest BCUT2D eigenvalue weighted by Gasteiger charge is -2.18. The Morgan fingerprint density at radius 1 is 0.237 bits per heavy atom. The third kappa shape index (κ3) is 66.9. The summed E-state index contributed by atoms with van der Waals surface area (Å²) in [5.74, 6) is -0.826. The highest BCUT2D eigenvalue weighted by Crippen LogP contribution is 2.19. The maximum Gasteiger partial charge on any atom is 0.306 e. The molecule has 0 aliphatic rings. The molecule has 0 amide bonds. The summed E-state index contributed by atoms with van der Waals surface area (Å²) in [6.45, 7) is 6.74. The van der Waals surface area contributed by atoms with E-state index >= 15 is 0 Å². The topological polar surface area (TPSA) is 78.9 Å². The van der Waals surface area contributed by atoms with Gasteiger partial charge in [0.2, 0.25) is 0 Å². The van der Waals surface area contributed by atoms with Crippen molar-refractivity contribution in [3.63, 3.8) is 0 Å². The van der Waals surface area contributed by atoms with E-state index in [1.807, 2.05) is 0 Å². The fourth-order valence-corrected chi connectivity index (χ4v) is 11.5. The van der Waals surface area contributed by atoms with Crippen LogP contribution in [0.25, 0.3) is 0 Å². The summed E-state index contributed by atoms with van der Waals surface area (Å²) < 4.78 is 17.0. The first kappa shape index (κ1) is 78.1. The maximum absolute atomic E-state index is 13.0. The van der Waals surface area contributed by atoms with Crippen molar-refractivity contribution in [3.8, 4) is 0 Å². The molecule has 0 spiro atoms. The van der Waals surface area contributed by atoms with Crippen molar-refractivity contribution in [2.24, 2.45) is 0 Å². The van der Waals surface area contributed by atoms with Gasteiger partial charge in [0.15, 0.2) is 6.10 Å². The molecular weight excluding hydrogens is 985 g/mol. The third-order valence-electron chi connectivity index (χ3n) is 17.0. The van der Waals surface area contributed by atoms with Crippen molar-refractivity contribution in [2.75, 3.05) is 13.2 Å². The fourth-order valence-electron chi connectivity index (χ4n) is 11.5. The molecule has 80 heavy (non-hydrogen) atoms. The predicted molar refractivity (Wildman–Crippen MR) is 349 cm³/mol. The summed E-state index contributed by atoms with van der Waals surface area (Å²) >= 11 is 0. The lowest BCUT2D eigenvalue weighted by molar-refractivity contribution is -0.167. The molecule has 1 unspecified atom stereocenters. The number of carbonyl (C=O) groups excluding carboxylic acids is 3. The van der Waals surface area contributed by atoms with E-state index in [1.165, 1.54) is 327 Å². The van der Waals surface area contributed by atoms with Crippen LogP contribution in [0.5, 0.6) is 0 Å². The second-order valence-electron chi connectivity index (χ2n) is 25.2. The minimum atomic E-state index is -0.768. The SMILES string of the molecule is CCCCCCCCCC/C=C\CCCCCCCCCCCC(=O)OC(COC(=O)CCCCCCCCCCCCCCCCCCCC)COC(=O)CCCCCCCCCCCCCCCCCCCCCCCCC. The molecule has 0 rings (SSSR count). The summed E-state index contributed by atoms with van der Waals surface area (Å²) in [5, 5.41) is 0. The highest BCUT2D eigenvalue weighted by atomic mass is 16.6. The molecule has 0 heterocycles. The quantitative estimate of drug-likeness (QED) is 0.0261. The number of hydrogen-bond donors (Lipinski definition) is 0. The number of unbranched alkanes of at least 4 members (excludes halogenated alkanes) is 56. The summed E-state index contributed by atoms with van der Waals surface area (Å²) in [5.41, 5.74) is 0. The van der Waals surface area contributed by atoms with Gasteiger partial charge >= 0.3 is 17.9 Å². The van der Waals surface area contributed by atoms with E-state index < -0.39 is 6.10 Å². The van der Waals surface area contributed by atoms with Crippen LogP contribution in [0.4, 0.5) is 0 Å². The highest BCUT2D eigenvalue weighted by Gasteiger charge is 2.20. The van der Waals surface area contributed by atoms with Gasteiger partial charge in [-0.1, -0.05) is 373 Å². The van der Waals surface area contributed by atoms with E-state index in [0.29, 0.717) is 19.3 Å². The van der Waals surface area contributed by atoms with Gasteiger partial charge in [-0.25, -0.2) is 0 Å². The molecule has 0 saturated carbocycles. The zero-order chi connectivity index (χ0) is 57.8. The monoisotopic (exact) mass is 1130 g/mol. The van der Waals surface area contributed by atoms with Crippen LogP contribution in [0, 0.1) is 0 Å². The van der Waals surface area contributed by atoms with Crippen LogP contribution in [0.2, 0.25) is 0 Å². The Labute approximate surface area is 501 Å². The molecule has 0 radical (unpaired) electrons. The van der Waals surface area contributed by atoms with Gasteiger partial charge in [0.25, 0.3) is 0 Å². The lowest BCUT2D eigenvalue weighted by Crippen LogP contribution is -2.30. The normalized spacial score (nSPS) is 12.0. The summed E-state index contributed by atoms with van der Waals surface area (Å²) in [6.07, 6.45) is 83.9. The Balaban J connectivity index is 4.27. The first-order valence-electron chi connectivity index (χ1n) is 36.7. The van der Waals surface area contributed by atoms with Crippen LogP contribution in [0.15, 0.2) is 12.2 Å². The Kier molecular flexibility index (Phi) is 68.0. The van der Waals surface area contributed by atoms with Gasteiger partial charge in [-0.15, -0.1) is 0 Å². The van der Waals surface area contributed by atoms with Gasteiger partial charge in [-0.2, -0.15) is 0 Å². The molecule has 0 aliphatic carbocycles. The van der Waals surface area contributed by atoms with Crippen LogP contribution in [0.3, 0.4) is 0 Å². The smallest absolute Gasteiger partial charge is 0.306 e. The van der Waals surface area contributed by atoms with E-state index in [-0.39, 0.29) is 31.1 Å². The molecule has 6 nitrogen and oxygen atoms in total. The zero-order valence-electron chi connectivity index (χ0n) is 54.6. The number of ether oxygens (including phenoxy) is 3. The maximum atomic E-state index is 13.0. The number of rotatable bonds is 69. The van der Waals surface area contributed by atoms with E-state index in [0.717, 1.165) is 57.8 Å². The van der Waals surface area contributed by atoms with Gasteiger partial charge in [-0.3, -0.25) is 14.4 Å². The summed E-state index contributed by atoms with van der Waals surface area (Å²) in [7, 11) is 0. The van der Waals surface area contributed by atoms with Crippen LogP contribution in [0.1, 0.15) is 425 Å². The second kappa shape index (κ2) is 69.6. The summed E-state index contributed by atoms with van der Waals surface area (Å²) in [4.78, 5) is 38.5. The molecule has 6 heteroatoms. The van der Waals surface area contributed by atoms with Crippen molar-refractivity contribution in [2.45, 2.75) is 431 Å². The van der Waals surface area contributed by atoms with Gasteiger partial charge in [0.1, 0.15) is 13.2 Å². The van der Waals surface area contributed by atoms with Gasteiger partial charge < -0.3 is 14.2 Å². The standard InChI is InChI=1S/C74H142O6/c1-4-7-10-13-16-19-22-25-28-31-34-36-37-39-40-43-46-49-52-55-58-61-64-67-73(76)79-70-71(69-78-72(75)66-63-60-57-54-51-48-45-42-33-30-27-24-21-18-15-12-9-6-3)80-74(77)68-65-62-59-56-53-50-47-44-41-38-35-32-29-26-23-20-17-14-11-8-5-2/h32,35,71H,4-31,33-34,36-70H2,1-3H3/b35-32-. The predicted octanol–water partition coefficient (Wildman–Crippen LogP) is 25.2. The lowest BCUT2D eigenvalue weighted by atomic mass is 10.0. The van der Waals surface area contributed by atoms with E-state index in [9.17, 15) is 14.4 Å². The van der Waals surface area contributed by atoms with Crippen molar-refractivity contribution in [3.05, 3.63) is 12.2 Å². The van der Waals surface area contributed by atoms with Crippen LogP contribution < -0.4 is 0 Å². The first-order chi connectivity index (χ1) is 39.5. The molecule has 0 N–H and O–H groups in total. The van der Waals surface area contributed by atoms with Crippen molar-refractivity contribution < 1.29 is 28.6 Å². The van der Waals surface area contributed by atoms with Crippen LogP contribution in [-0.4, -0.2) is 37.2 Å². The van der Waals surface area contributed by atoms with Gasteiger partial charge in [0.05, 0.1) is 0 Å². The van der Waals surface area contributed by atoms with Crippen molar-refractivity contribution in [1.82, 2.24) is 0 Å². The highest BCUT2D eigenvalue weighted by molar-refractivity contribution is 5.71. The molecular formula is C74H142O6. The van der Waals surface area contributed by atoms with Crippen LogP contribution in [-0.2, 0) is 28.6 Å². The minimum absolute atomic E-state index is 0.0635. The molecule has 0 saturated heterocycles. The largest absolute Gasteiger partial charge is 0.462 e. The molecule has 0 fully saturated rings. The molecule has 474 valence electrons. The Morgan fingerprint density at radius 2 is 0.412 bits per heavy atom. The minimum Gasteiger partial charge on any atom is -0.462 e. The number of esters is 3. The van der Waals surface area contributed by atoms with E-state index in [4.69, 9.17) is 14.2 Å². The zero-order valence-corrected chi connectivity index (χ0v) is 54.6. The van der Waals surface area contributed by atoms with E-state index in [2.05, 4.69) is 32.9 Å². The van der Waals surface area contributed by atoms with Crippen LogP contribution >= 0.6 is 0 Å². The molecule has 0 aromatic rings. The van der Waals surface area contributed by atoms with Gasteiger partial charge in [-0.05, 0) is 44.9 Å². The van der Waals surface area contributed by atoms with E-state index in [1.54, 1.807) is 0 Å². The molecule has 0 aromatic heterocycles. The number of hydrogen-bond acceptors (Lipinski definition) is 6. The summed E-state index contributed by atoms with van der Waals surface area (Å²) in [6, 6.07) is 0. The average molecular weight is 1130 g/mol. The molecule has 0 aliphatic heterocycles. The van der Waals surface area contributed by atoms with Crippen molar-refractivity contribution >= 4 is 17.9 Å². The first-order valence-corrected chi connectivity index (χ1v) is 36.7. The molecule has 0 aromatic carbocycles.